The predicted molar refractivity (Wildman–Crippen MR) is 113 cm³/mol. The number of hydrogen-bond donors (Lipinski definition) is 0. The van der Waals surface area contributed by atoms with Gasteiger partial charge in [0.2, 0.25) is 15.9 Å². The Morgan fingerprint density at radius 3 is 2.21 bits per heavy atom. The first kappa shape index (κ1) is 20.2. The maximum absolute atomic E-state index is 12.9. The highest BCUT2D eigenvalue weighted by Gasteiger charge is 2.27. The topological polar surface area (TPSA) is 60.9 Å². The van der Waals surface area contributed by atoms with Crippen LogP contribution in [-0.4, -0.2) is 58.2 Å². The van der Waals surface area contributed by atoms with E-state index in [1.54, 1.807) is 11.0 Å². The minimum absolute atomic E-state index is 0.168. The van der Waals surface area contributed by atoms with Gasteiger partial charge in [0.15, 0.2) is 0 Å². The van der Waals surface area contributed by atoms with Crippen molar-refractivity contribution < 1.29 is 13.2 Å². The highest BCUT2D eigenvalue weighted by Crippen LogP contribution is 2.25. The lowest BCUT2D eigenvalue weighted by molar-refractivity contribution is -0.129. The van der Waals surface area contributed by atoms with Gasteiger partial charge < -0.3 is 9.80 Å². The quantitative estimate of drug-likeness (QED) is 0.772. The van der Waals surface area contributed by atoms with Crippen molar-refractivity contribution in [2.75, 3.05) is 48.2 Å². The van der Waals surface area contributed by atoms with E-state index in [4.69, 9.17) is 0 Å². The molecule has 1 heterocycles. The third-order valence-corrected chi connectivity index (χ3v) is 6.40. The number of nitrogens with zero attached hydrogens (tertiary/aromatic N) is 3. The summed E-state index contributed by atoms with van der Waals surface area (Å²) in [6, 6.07) is 15.6. The summed E-state index contributed by atoms with van der Waals surface area (Å²) in [6.07, 6.45) is 1.15. The Kier molecular flexibility index (Phi) is 5.93. The molecule has 0 radical (unpaired) electrons. The van der Waals surface area contributed by atoms with Gasteiger partial charge in [-0.05, 0) is 43.2 Å². The number of piperazine rings is 1. The molecule has 1 saturated heterocycles. The van der Waals surface area contributed by atoms with Gasteiger partial charge in [0.1, 0.15) is 6.54 Å². The van der Waals surface area contributed by atoms with Gasteiger partial charge in [-0.3, -0.25) is 9.10 Å². The van der Waals surface area contributed by atoms with Gasteiger partial charge in [-0.25, -0.2) is 8.42 Å². The molecule has 1 aliphatic heterocycles. The fraction of sp³-hybridized carbons (Fsp3) is 0.381. The maximum Gasteiger partial charge on any atom is 0.243 e. The Hall–Kier alpha value is -2.54. The van der Waals surface area contributed by atoms with Crippen LogP contribution in [0.3, 0.4) is 0 Å². The first-order valence-corrected chi connectivity index (χ1v) is 11.2. The van der Waals surface area contributed by atoms with E-state index in [0.717, 1.165) is 36.2 Å². The van der Waals surface area contributed by atoms with E-state index in [0.29, 0.717) is 18.8 Å². The van der Waals surface area contributed by atoms with Crippen molar-refractivity contribution >= 4 is 27.3 Å². The molecule has 0 unspecified atom stereocenters. The number of carbonyl (C=O) groups excluding carboxylic acids is 1. The zero-order valence-electron chi connectivity index (χ0n) is 16.6. The normalized spacial score (nSPS) is 14.8. The first-order valence-electron chi connectivity index (χ1n) is 9.39. The number of rotatable bonds is 5. The summed E-state index contributed by atoms with van der Waals surface area (Å²) in [7, 11) is -3.57. The second kappa shape index (κ2) is 8.22. The summed E-state index contributed by atoms with van der Waals surface area (Å²) in [6.45, 7) is 6.27. The van der Waals surface area contributed by atoms with E-state index in [1.165, 1.54) is 4.31 Å². The van der Waals surface area contributed by atoms with Crippen LogP contribution >= 0.6 is 0 Å². The Bertz CT molecular complexity index is 937. The molecule has 28 heavy (non-hydrogen) atoms. The molecular weight excluding hydrogens is 374 g/mol. The number of amides is 1. The van der Waals surface area contributed by atoms with Crippen molar-refractivity contribution in [1.29, 1.82) is 0 Å². The number of sulfonamides is 1. The molecule has 0 aliphatic carbocycles. The highest BCUT2D eigenvalue weighted by molar-refractivity contribution is 7.92. The van der Waals surface area contributed by atoms with Crippen LogP contribution in [0, 0.1) is 13.8 Å². The van der Waals surface area contributed by atoms with Crippen molar-refractivity contribution in [3.05, 3.63) is 59.7 Å². The Morgan fingerprint density at radius 1 is 0.964 bits per heavy atom. The number of anilines is 2. The van der Waals surface area contributed by atoms with Crippen molar-refractivity contribution in [3.63, 3.8) is 0 Å². The first-order chi connectivity index (χ1) is 13.3. The van der Waals surface area contributed by atoms with Gasteiger partial charge in [-0.2, -0.15) is 0 Å². The van der Waals surface area contributed by atoms with Crippen LogP contribution in [0.1, 0.15) is 11.1 Å². The number of para-hydroxylation sites is 1. The van der Waals surface area contributed by atoms with E-state index in [2.05, 4.69) is 17.0 Å². The zero-order valence-corrected chi connectivity index (χ0v) is 17.4. The SMILES string of the molecule is Cc1cccc(N(CC(=O)N2CCN(c3ccccc3)CC2)S(C)(=O)=O)c1C. The van der Waals surface area contributed by atoms with E-state index in [9.17, 15) is 13.2 Å². The second-order valence-electron chi connectivity index (χ2n) is 7.19. The van der Waals surface area contributed by atoms with E-state index in [1.807, 2.05) is 44.2 Å². The van der Waals surface area contributed by atoms with Crippen LogP contribution in [-0.2, 0) is 14.8 Å². The maximum atomic E-state index is 12.9. The van der Waals surface area contributed by atoms with Crippen molar-refractivity contribution in [3.8, 4) is 0 Å². The fourth-order valence-corrected chi connectivity index (χ4v) is 4.36. The summed E-state index contributed by atoms with van der Waals surface area (Å²) in [5.74, 6) is -0.168. The van der Waals surface area contributed by atoms with Crippen LogP contribution in [0.5, 0.6) is 0 Å². The van der Waals surface area contributed by atoms with Gasteiger partial charge in [0.05, 0.1) is 11.9 Å². The molecule has 2 aromatic carbocycles. The smallest absolute Gasteiger partial charge is 0.243 e. The van der Waals surface area contributed by atoms with Crippen molar-refractivity contribution in [1.82, 2.24) is 4.90 Å². The molecule has 0 spiro atoms. The molecule has 0 N–H and O–H groups in total. The van der Waals surface area contributed by atoms with Gasteiger partial charge >= 0.3 is 0 Å². The summed E-state index contributed by atoms with van der Waals surface area (Å²) >= 11 is 0. The number of carbonyl (C=O) groups is 1. The second-order valence-corrected chi connectivity index (χ2v) is 9.10. The minimum atomic E-state index is -3.57. The lowest BCUT2D eigenvalue weighted by Crippen LogP contribution is -2.52. The monoisotopic (exact) mass is 401 g/mol. The number of benzene rings is 2. The van der Waals surface area contributed by atoms with Crippen molar-refractivity contribution in [2.45, 2.75) is 13.8 Å². The Balaban J connectivity index is 1.71. The largest absolute Gasteiger partial charge is 0.368 e. The molecule has 150 valence electrons. The predicted octanol–water partition coefficient (Wildman–Crippen LogP) is 2.42. The Morgan fingerprint density at radius 2 is 1.61 bits per heavy atom. The molecule has 0 aromatic heterocycles. The number of hydrogen-bond acceptors (Lipinski definition) is 4. The average molecular weight is 402 g/mol. The molecule has 1 fully saturated rings. The summed E-state index contributed by atoms with van der Waals surface area (Å²) < 4.78 is 26.0. The van der Waals surface area contributed by atoms with E-state index in [-0.39, 0.29) is 12.5 Å². The minimum Gasteiger partial charge on any atom is -0.368 e. The molecule has 0 saturated carbocycles. The lowest BCUT2D eigenvalue weighted by atomic mass is 10.1. The molecule has 0 atom stereocenters. The summed E-state index contributed by atoms with van der Waals surface area (Å²) in [4.78, 5) is 16.9. The molecule has 0 bridgehead atoms. The fourth-order valence-electron chi connectivity index (χ4n) is 3.46. The zero-order chi connectivity index (χ0) is 20.3. The molecular formula is C21H27N3O3S. The highest BCUT2D eigenvalue weighted by atomic mass is 32.2. The van der Waals surface area contributed by atoms with Gasteiger partial charge in [0, 0.05) is 31.9 Å². The number of aryl methyl sites for hydroxylation is 1. The third-order valence-electron chi connectivity index (χ3n) is 5.28. The molecule has 1 aliphatic rings. The third kappa shape index (κ3) is 4.47. The van der Waals surface area contributed by atoms with Crippen LogP contribution in [0.4, 0.5) is 11.4 Å². The van der Waals surface area contributed by atoms with Crippen LogP contribution in [0.15, 0.2) is 48.5 Å². The van der Waals surface area contributed by atoms with Crippen molar-refractivity contribution in [2.24, 2.45) is 0 Å². The standard InChI is InChI=1S/C21H27N3O3S/c1-17-8-7-11-20(18(17)2)24(28(3,26)27)16-21(25)23-14-12-22(13-15-23)19-9-5-4-6-10-19/h4-11H,12-16H2,1-3H3. The van der Waals surface area contributed by atoms with E-state index >= 15 is 0 Å². The Labute approximate surface area is 167 Å². The van der Waals surface area contributed by atoms with E-state index < -0.39 is 10.0 Å². The average Bonchev–Trinajstić information content (AvgIpc) is 2.68. The lowest BCUT2D eigenvalue weighted by Gasteiger charge is -2.37. The van der Waals surface area contributed by atoms with Crippen LogP contribution < -0.4 is 9.21 Å². The molecule has 1 amide bonds. The molecule has 3 rings (SSSR count). The van der Waals surface area contributed by atoms with Crippen LogP contribution in [0.25, 0.3) is 0 Å². The van der Waals surface area contributed by atoms with Gasteiger partial charge in [0.25, 0.3) is 0 Å². The molecule has 7 heteroatoms. The van der Waals surface area contributed by atoms with Gasteiger partial charge in [-0.1, -0.05) is 30.3 Å². The summed E-state index contributed by atoms with van der Waals surface area (Å²) in [5.41, 5.74) is 3.58. The molecule has 2 aromatic rings. The summed E-state index contributed by atoms with van der Waals surface area (Å²) in [5, 5.41) is 0. The van der Waals surface area contributed by atoms with Crippen LogP contribution in [0.2, 0.25) is 0 Å². The van der Waals surface area contributed by atoms with Gasteiger partial charge in [-0.15, -0.1) is 0 Å². The molecule has 6 nitrogen and oxygen atoms in total.